The highest BCUT2D eigenvalue weighted by Crippen LogP contribution is 2.20. The fraction of sp³-hybridized carbons (Fsp3) is 0.583. The molecule has 0 bridgehead atoms. The summed E-state index contributed by atoms with van der Waals surface area (Å²) in [4.78, 5) is 16.2. The lowest BCUT2D eigenvalue weighted by Gasteiger charge is -2.35. The Morgan fingerprint density at radius 3 is 2.94 bits per heavy atom. The maximum absolute atomic E-state index is 12.3. The Morgan fingerprint density at radius 2 is 2.35 bits per heavy atom. The third-order valence-corrected chi connectivity index (χ3v) is 4.45. The van der Waals surface area contributed by atoms with Crippen molar-refractivity contribution in [2.75, 3.05) is 18.4 Å². The molecule has 0 saturated carbocycles. The average Bonchev–Trinajstić information content (AvgIpc) is 2.74. The summed E-state index contributed by atoms with van der Waals surface area (Å²) in [5.74, 6) is 0.129. The van der Waals surface area contributed by atoms with Crippen LogP contribution in [0.4, 0.5) is 0 Å². The molecule has 3 nitrogen and oxygen atoms in total. The van der Waals surface area contributed by atoms with Crippen LogP contribution in [0.25, 0.3) is 0 Å². The van der Waals surface area contributed by atoms with Crippen LogP contribution in [0.1, 0.15) is 21.5 Å². The molecule has 1 aliphatic heterocycles. The number of ether oxygens (including phenoxy) is 1. The van der Waals surface area contributed by atoms with Crippen molar-refractivity contribution in [1.29, 1.82) is 0 Å². The van der Waals surface area contributed by atoms with E-state index in [2.05, 4.69) is 15.9 Å². The lowest BCUT2D eigenvalue weighted by molar-refractivity contribution is -0.0558. The van der Waals surface area contributed by atoms with Crippen LogP contribution >= 0.6 is 27.3 Å². The van der Waals surface area contributed by atoms with Gasteiger partial charge in [0.2, 0.25) is 0 Å². The molecule has 0 aromatic carbocycles. The van der Waals surface area contributed by atoms with Crippen molar-refractivity contribution in [1.82, 2.24) is 4.90 Å². The van der Waals surface area contributed by atoms with Gasteiger partial charge >= 0.3 is 0 Å². The first-order valence-corrected chi connectivity index (χ1v) is 7.61. The van der Waals surface area contributed by atoms with Crippen LogP contribution in [0.2, 0.25) is 0 Å². The molecule has 2 rings (SSSR count). The number of thiophene rings is 1. The summed E-state index contributed by atoms with van der Waals surface area (Å²) in [5, 5.41) is 0.768. The van der Waals surface area contributed by atoms with Crippen molar-refractivity contribution in [3.63, 3.8) is 0 Å². The van der Waals surface area contributed by atoms with Gasteiger partial charge in [0.15, 0.2) is 0 Å². The molecule has 0 radical (unpaired) electrons. The lowest BCUT2D eigenvalue weighted by atomic mass is 10.2. The van der Waals surface area contributed by atoms with E-state index >= 15 is 0 Å². The fourth-order valence-corrected chi connectivity index (χ4v) is 3.19. The number of hydrogen-bond acceptors (Lipinski definition) is 3. The minimum atomic E-state index is 0.101. The SMILES string of the molecule is Cc1ccc(C(=O)N2CC(C)OC(CBr)C2)s1. The van der Waals surface area contributed by atoms with Gasteiger partial charge in [-0.1, -0.05) is 15.9 Å². The Labute approximate surface area is 114 Å². The first-order valence-electron chi connectivity index (χ1n) is 5.67. The van der Waals surface area contributed by atoms with Gasteiger partial charge in [0.05, 0.1) is 17.1 Å². The number of carbonyl (C=O) groups excluding carboxylic acids is 1. The Morgan fingerprint density at radius 1 is 1.59 bits per heavy atom. The van der Waals surface area contributed by atoms with E-state index in [0.29, 0.717) is 13.1 Å². The molecule has 0 N–H and O–H groups in total. The smallest absolute Gasteiger partial charge is 0.264 e. The molecule has 1 fully saturated rings. The molecule has 2 unspecified atom stereocenters. The zero-order chi connectivity index (χ0) is 12.4. The van der Waals surface area contributed by atoms with E-state index in [1.54, 1.807) is 11.3 Å². The van der Waals surface area contributed by atoms with Gasteiger partial charge in [-0.2, -0.15) is 0 Å². The Balaban J connectivity index is 2.08. The van der Waals surface area contributed by atoms with Crippen molar-refractivity contribution in [3.8, 4) is 0 Å². The van der Waals surface area contributed by atoms with Gasteiger partial charge in [0.1, 0.15) is 0 Å². The predicted molar refractivity (Wildman–Crippen MR) is 73.1 cm³/mol. The fourth-order valence-electron chi connectivity index (χ4n) is 2.00. The molecule has 0 aliphatic carbocycles. The first-order chi connectivity index (χ1) is 8.10. The third-order valence-electron chi connectivity index (χ3n) is 2.74. The average molecular weight is 318 g/mol. The molecule has 1 aliphatic rings. The van der Waals surface area contributed by atoms with Crippen molar-refractivity contribution >= 4 is 33.2 Å². The molecular weight excluding hydrogens is 302 g/mol. The number of alkyl halides is 1. The summed E-state index contributed by atoms with van der Waals surface area (Å²) in [7, 11) is 0. The van der Waals surface area contributed by atoms with Gasteiger partial charge in [-0.15, -0.1) is 11.3 Å². The molecule has 5 heteroatoms. The topological polar surface area (TPSA) is 29.5 Å². The van der Waals surface area contributed by atoms with E-state index in [1.807, 2.05) is 30.9 Å². The zero-order valence-corrected chi connectivity index (χ0v) is 12.4. The zero-order valence-electron chi connectivity index (χ0n) is 9.98. The van der Waals surface area contributed by atoms with Crippen LogP contribution < -0.4 is 0 Å². The summed E-state index contributed by atoms with van der Waals surface area (Å²) in [5.41, 5.74) is 0. The van der Waals surface area contributed by atoms with E-state index in [-0.39, 0.29) is 18.1 Å². The number of rotatable bonds is 2. The summed E-state index contributed by atoms with van der Waals surface area (Å²) < 4.78 is 5.72. The first kappa shape index (κ1) is 13.1. The number of morpholine rings is 1. The minimum absolute atomic E-state index is 0.101. The molecule has 2 heterocycles. The second-order valence-electron chi connectivity index (χ2n) is 4.34. The molecule has 1 saturated heterocycles. The number of halogens is 1. The van der Waals surface area contributed by atoms with Crippen LogP contribution in [0.5, 0.6) is 0 Å². The van der Waals surface area contributed by atoms with Gasteiger partial charge < -0.3 is 9.64 Å². The lowest BCUT2D eigenvalue weighted by Crippen LogP contribution is -2.49. The number of hydrogen-bond donors (Lipinski definition) is 0. The quantitative estimate of drug-likeness (QED) is 0.785. The largest absolute Gasteiger partial charge is 0.371 e. The van der Waals surface area contributed by atoms with E-state index in [1.165, 1.54) is 4.88 Å². The molecule has 0 spiro atoms. The number of nitrogens with zero attached hydrogens (tertiary/aromatic N) is 1. The molecule has 1 amide bonds. The van der Waals surface area contributed by atoms with E-state index < -0.39 is 0 Å². The van der Waals surface area contributed by atoms with Gasteiger partial charge in [0.25, 0.3) is 5.91 Å². The number of amides is 1. The van der Waals surface area contributed by atoms with Gasteiger partial charge in [-0.05, 0) is 26.0 Å². The van der Waals surface area contributed by atoms with Gasteiger partial charge in [-0.25, -0.2) is 0 Å². The van der Waals surface area contributed by atoms with Crippen molar-refractivity contribution < 1.29 is 9.53 Å². The highest BCUT2D eigenvalue weighted by atomic mass is 79.9. The van der Waals surface area contributed by atoms with Gasteiger partial charge in [0, 0.05) is 23.3 Å². The van der Waals surface area contributed by atoms with Crippen molar-refractivity contribution in [3.05, 3.63) is 21.9 Å². The molecule has 94 valence electrons. The maximum Gasteiger partial charge on any atom is 0.264 e. The van der Waals surface area contributed by atoms with Crippen LogP contribution in [0.15, 0.2) is 12.1 Å². The Bertz CT molecular complexity index is 407. The molecular formula is C12H16BrNO2S. The van der Waals surface area contributed by atoms with Crippen molar-refractivity contribution in [2.24, 2.45) is 0 Å². The maximum atomic E-state index is 12.3. The van der Waals surface area contributed by atoms with Crippen LogP contribution in [0, 0.1) is 6.92 Å². The van der Waals surface area contributed by atoms with Gasteiger partial charge in [-0.3, -0.25) is 4.79 Å². The second-order valence-corrected chi connectivity index (χ2v) is 6.28. The second kappa shape index (κ2) is 5.50. The van der Waals surface area contributed by atoms with Crippen LogP contribution in [0.3, 0.4) is 0 Å². The predicted octanol–water partition coefficient (Wildman–Crippen LogP) is 2.68. The van der Waals surface area contributed by atoms with Crippen LogP contribution in [-0.2, 0) is 4.74 Å². The minimum Gasteiger partial charge on any atom is -0.371 e. The van der Waals surface area contributed by atoms with E-state index in [4.69, 9.17) is 4.74 Å². The number of aryl methyl sites for hydroxylation is 1. The summed E-state index contributed by atoms with van der Waals surface area (Å²) >= 11 is 4.97. The highest BCUT2D eigenvalue weighted by molar-refractivity contribution is 9.09. The standard InChI is InChI=1S/C12H16BrNO2S/c1-8-6-14(7-10(5-13)16-8)12(15)11-4-3-9(2)17-11/h3-4,8,10H,5-7H2,1-2H3. The normalized spacial score (nSPS) is 25.0. The summed E-state index contributed by atoms with van der Waals surface area (Å²) in [6, 6.07) is 3.90. The molecule has 1 aromatic rings. The number of carbonyl (C=O) groups is 1. The summed E-state index contributed by atoms with van der Waals surface area (Å²) in [6.07, 6.45) is 0.208. The van der Waals surface area contributed by atoms with E-state index in [9.17, 15) is 4.79 Å². The molecule has 17 heavy (non-hydrogen) atoms. The highest BCUT2D eigenvalue weighted by Gasteiger charge is 2.28. The monoisotopic (exact) mass is 317 g/mol. The molecule has 1 aromatic heterocycles. The molecule has 2 atom stereocenters. The van der Waals surface area contributed by atoms with E-state index in [0.717, 1.165) is 10.2 Å². The Kier molecular flexibility index (Phi) is 4.22. The van der Waals surface area contributed by atoms with Crippen molar-refractivity contribution in [2.45, 2.75) is 26.1 Å². The third kappa shape index (κ3) is 3.09. The van der Waals surface area contributed by atoms with Crippen LogP contribution in [-0.4, -0.2) is 41.4 Å². The summed E-state index contributed by atoms with van der Waals surface area (Å²) in [6.45, 7) is 5.38. The Hall–Kier alpha value is -0.390.